The maximum absolute atomic E-state index is 13.0. The van der Waals surface area contributed by atoms with E-state index in [9.17, 15) is 4.79 Å². The number of carbonyl (C=O) groups excluding carboxylic acids is 1. The zero-order valence-corrected chi connectivity index (χ0v) is 14.8. The standard InChI is InChI=1S/C20H18ClN3O2/c21-17-6-4-14(5-7-17)18-13-24(10-11-26-18)20(25)16-3-1-2-15(12-16)19-22-8-9-23-19/h1-9,12,18H,10-11,13H2,(H,22,23)/t18-/m0/s1. The minimum absolute atomic E-state index is 0.000620. The molecule has 1 aliphatic heterocycles. The first-order valence-electron chi connectivity index (χ1n) is 8.47. The van der Waals surface area contributed by atoms with Crippen LogP contribution in [0.5, 0.6) is 0 Å². The fourth-order valence-electron chi connectivity index (χ4n) is 3.12. The van der Waals surface area contributed by atoms with Crippen molar-refractivity contribution in [3.8, 4) is 11.4 Å². The molecule has 4 rings (SSSR count). The highest BCUT2D eigenvalue weighted by molar-refractivity contribution is 6.30. The summed E-state index contributed by atoms with van der Waals surface area (Å²) < 4.78 is 5.85. The third-order valence-electron chi connectivity index (χ3n) is 4.48. The predicted molar refractivity (Wildman–Crippen MR) is 100 cm³/mol. The second-order valence-electron chi connectivity index (χ2n) is 6.18. The van der Waals surface area contributed by atoms with Crippen molar-refractivity contribution in [3.63, 3.8) is 0 Å². The van der Waals surface area contributed by atoms with Gasteiger partial charge in [-0.1, -0.05) is 35.9 Å². The Morgan fingerprint density at radius 3 is 2.85 bits per heavy atom. The van der Waals surface area contributed by atoms with Crippen molar-refractivity contribution < 1.29 is 9.53 Å². The first-order valence-corrected chi connectivity index (χ1v) is 8.84. The molecule has 0 saturated carbocycles. The van der Waals surface area contributed by atoms with Gasteiger partial charge in [-0.2, -0.15) is 0 Å². The molecule has 1 saturated heterocycles. The largest absolute Gasteiger partial charge is 0.370 e. The van der Waals surface area contributed by atoms with E-state index in [2.05, 4.69) is 9.97 Å². The normalized spacial score (nSPS) is 17.3. The molecule has 1 N–H and O–H groups in total. The van der Waals surface area contributed by atoms with Crippen LogP contribution in [-0.2, 0) is 4.74 Å². The van der Waals surface area contributed by atoms with Gasteiger partial charge in [-0.15, -0.1) is 0 Å². The second-order valence-corrected chi connectivity index (χ2v) is 6.62. The van der Waals surface area contributed by atoms with Crippen molar-refractivity contribution >= 4 is 17.5 Å². The molecule has 1 amide bonds. The van der Waals surface area contributed by atoms with Gasteiger partial charge < -0.3 is 14.6 Å². The molecular weight excluding hydrogens is 350 g/mol. The summed E-state index contributed by atoms with van der Waals surface area (Å²) in [6.45, 7) is 1.61. The summed E-state index contributed by atoms with van der Waals surface area (Å²) in [5.41, 5.74) is 2.57. The highest BCUT2D eigenvalue weighted by atomic mass is 35.5. The van der Waals surface area contributed by atoms with Gasteiger partial charge in [-0.25, -0.2) is 4.98 Å². The maximum atomic E-state index is 13.0. The van der Waals surface area contributed by atoms with Gasteiger partial charge in [0.15, 0.2) is 0 Å². The zero-order chi connectivity index (χ0) is 17.9. The van der Waals surface area contributed by atoms with E-state index in [0.717, 1.165) is 17.0 Å². The number of rotatable bonds is 3. The minimum atomic E-state index is -0.141. The molecule has 2 aromatic carbocycles. The Kier molecular flexibility index (Phi) is 4.73. The number of morpholine rings is 1. The number of ether oxygens (including phenoxy) is 1. The summed E-state index contributed by atoms with van der Waals surface area (Å²) >= 11 is 5.95. The molecule has 0 spiro atoms. The van der Waals surface area contributed by atoms with E-state index < -0.39 is 0 Å². The number of aromatic nitrogens is 2. The van der Waals surface area contributed by atoms with Gasteiger partial charge in [0, 0.05) is 35.1 Å². The molecule has 0 aliphatic carbocycles. The van der Waals surface area contributed by atoms with Crippen LogP contribution >= 0.6 is 11.6 Å². The first-order chi connectivity index (χ1) is 12.7. The van der Waals surface area contributed by atoms with Crippen LogP contribution in [0.1, 0.15) is 22.0 Å². The van der Waals surface area contributed by atoms with E-state index in [1.54, 1.807) is 12.4 Å². The molecule has 1 fully saturated rings. The third kappa shape index (κ3) is 3.49. The quantitative estimate of drug-likeness (QED) is 0.762. The molecule has 1 aliphatic rings. The monoisotopic (exact) mass is 367 g/mol. The van der Waals surface area contributed by atoms with Crippen molar-refractivity contribution in [1.29, 1.82) is 0 Å². The molecule has 0 radical (unpaired) electrons. The molecule has 3 aromatic rings. The van der Waals surface area contributed by atoms with Crippen LogP contribution in [0.15, 0.2) is 60.9 Å². The SMILES string of the molecule is O=C(c1cccc(-c2ncc[nH]2)c1)N1CCO[C@H](c2ccc(Cl)cc2)C1. The molecule has 5 nitrogen and oxygen atoms in total. The number of amides is 1. The number of halogens is 1. The van der Waals surface area contributed by atoms with Gasteiger partial charge in [0.2, 0.25) is 0 Å². The number of H-pyrrole nitrogens is 1. The van der Waals surface area contributed by atoms with Crippen LogP contribution < -0.4 is 0 Å². The number of hydrogen-bond acceptors (Lipinski definition) is 3. The highest BCUT2D eigenvalue weighted by Gasteiger charge is 2.26. The van der Waals surface area contributed by atoms with E-state index >= 15 is 0 Å². The Balaban J connectivity index is 1.52. The Morgan fingerprint density at radius 2 is 2.08 bits per heavy atom. The molecule has 1 aromatic heterocycles. The molecular formula is C20H18ClN3O2. The lowest BCUT2D eigenvalue weighted by Crippen LogP contribution is -2.42. The summed E-state index contributed by atoms with van der Waals surface area (Å²) in [6, 6.07) is 15.1. The van der Waals surface area contributed by atoms with Gasteiger partial charge >= 0.3 is 0 Å². The number of imidazole rings is 1. The summed E-state index contributed by atoms with van der Waals surface area (Å²) in [5.74, 6) is 0.751. The minimum Gasteiger partial charge on any atom is -0.370 e. The van der Waals surface area contributed by atoms with Gasteiger partial charge in [-0.3, -0.25) is 4.79 Å². The number of nitrogens with one attached hydrogen (secondary N) is 1. The van der Waals surface area contributed by atoms with E-state index in [4.69, 9.17) is 16.3 Å². The second kappa shape index (κ2) is 7.32. The Morgan fingerprint density at radius 1 is 1.23 bits per heavy atom. The fourth-order valence-corrected chi connectivity index (χ4v) is 3.24. The van der Waals surface area contributed by atoms with E-state index in [-0.39, 0.29) is 12.0 Å². The highest BCUT2D eigenvalue weighted by Crippen LogP contribution is 2.25. The van der Waals surface area contributed by atoms with Crippen LogP contribution in [0.2, 0.25) is 5.02 Å². The Labute approximate surface area is 156 Å². The molecule has 0 unspecified atom stereocenters. The number of benzene rings is 2. The van der Waals surface area contributed by atoms with Gasteiger partial charge in [-0.05, 0) is 29.8 Å². The summed E-state index contributed by atoms with van der Waals surface area (Å²) in [4.78, 5) is 22.1. The Hall–Kier alpha value is -2.63. The van der Waals surface area contributed by atoms with Crippen molar-refractivity contribution in [2.45, 2.75) is 6.10 Å². The molecule has 6 heteroatoms. The van der Waals surface area contributed by atoms with Crippen LogP contribution in [0.3, 0.4) is 0 Å². The average Bonchev–Trinajstić information content (AvgIpc) is 3.23. The fraction of sp³-hybridized carbons (Fsp3) is 0.200. The van der Waals surface area contributed by atoms with Crippen molar-refractivity contribution in [1.82, 2.24) is 14.9 Å². The van der Waals surface area contributed by atoms with Crippen molar-refractivity contribution in [3.05, 3.63) is 77.1 Å². The van der Waals surface area contributed by atoms with Gasteiger partial charge in [0.25, 0.3) is 5.91 Å². The predicted octanol–water partition coefficient (Wildman–Crippen LogP) is 3.94. The zero-order valence-electron chi connectivity index (χ0n) is 14.1. The van der Waals surface area contributed by atoms with Gasteiger partial charge in [0.1, 0.15) is 11.9 Å². The maximum Gasteiger partial charge on any atom is 0.254 e. The molecule has 26 heavy (non-hydrogen) atoms. The molecule has 1 atom stereocenters. The smallest absolute Gasteiger partial charge is 0.254 e. The summed E-state index contributed by atoms with van der Waals surface area (Å²) in [5, 5.41) is 0.687. The van der Waals surface area contributed by atoms with Crippen molar-refractivity contribution in [2.24, 2.45) is 0 Å². The van der Waals surface area contributed by atoms with Crippen LogP contribution in [0.4, 0.5) is 0 Å². The lowest BCUT2D eigenvalue weighted by molar-refractivity contribution is -0.0228. The number of hydrogen-bond donors (Lipinski definition) is 1. The van der Waals surface area contributed by atoms with E-state index in [0.29, 0.717) is 30.3 Å². The molecule has 0 bridgehead atoms. The first kappa shape index (κ1) is 16.8. The van der Waals surface area contributed by atoms with Crippen LogP contribution in [-0.4, -0.2) is 40.5 Å². The lowest BCUT2D eigenvalue weighted by Gasteiger charge is -2.33. The molecule has 132 valence electrons. The number of carbonyl (C=O) groups is 1. The summed E-state index contributed by atoms with van der Waals surface area (Å²) in [7, 11) is 0. The topological polar surface area (TPSA) is 58.2 Å². The average molecular weight is 368 g/mol. The summed E-state index contributed by atoms with van der Waals surface area (Å²) in [6.07, 6.45) is 3.32. The Bertz CT molecular complexity index is 894. The third-order valence-corrected chi connectivity index (χ3v) is 4.73. The molecule has 2 heterocycles. The van der Waals surface area contributed by atoms with E-state index in [1.165, 1.54) is 0 Å². The van der Waals surface area contributed by atoms with Crippen LogP contribution in [0, 0.1) is 0 Å². The van der Waals surface area contributed by atoms with E-state index in [1.807, 2.05) is 53.4 Å². The lowest BCUT2D eigenvalue weighted by atomic mass is 10.1. The number of nitrogens with zero attached hydrogens (tertiary/aromatic N) is 2. The van der Waals surface area contributed by atoms with Gasteiger partial charge in [0.05, 0.1) is 13.2 Å². The van der Waals surface area contributed by atoms with Crippen LogP contribution in [0.25, 0.3) is 11.4 Å². The van der Waals surface area contributed by atoms with Crippen molar-refractivity contribution in [2.75, 3.05) is 19.7 Å². The number of aromatic amines is 1.